The molecular weight excluding hydrogens is 258 g/mol. The van der Waals surface area contributed by atoms with Crippen LogP contribution in [0.15, 0.2) is 12.1 Å². The summed E-state index contributed by atoms with van der Waals surface area (Å²) in [5.74, 6) is -0.876. The van der Waals surface area contributed by atoms with Crippen molar-refractivity contribution in [2.45, 2.75) is 31.8 Å². The van der Waals surface area contributed by atoms with Crippen molar-refractivity contribution < 1.29 is 9.90 Å². The first-order valence-electron chi connectivity index (χ1n) is 5.75. The van der Waals surface area contributed by atoms with E-state index < -0.39 is 5.97 Å². The summed E-state index contributed by atoms with van der Waals surface area (Å²) < 4.78 is 0.787. The third-order valence-corrected chi connectivity index (χ3v) is 4.61. The second-order valence-corrected chi connectivity index (χ2v) is 6.36. The molecule has 1 aromatic heterocycles. The summed E-state index contributed by atoms with van der Waals surface area (Å²) >= 11 is 7.45. The number of aliphatic carboxylic acids is 1. The molecule has 1 aliphatic rings. The Balaban J connectivity index is 1.99. The maximum atomic E-state index is 11.1. The summed E-state index contributed by atoms with van der Waals surface area (Å²) in [6.07, 6.45) is 2.79. The van der Waals surface area contributed by atoms with Gasteiger partial charge in [-0.1, -0.05) is 18.0 Å². The van der Waals surface area contributed by atoms with Gasteiger partial charge < -0.3 is 5.11 Å². The van der Waals surface area contributed by atoms with E-state index in [0.29, 0.717) is 0 Å². The van der Waals surface area contributed by atoms with Gasteiger partial charge in [0.2, 0.25) is 0 Å². The minimum absolute atomic E-state index is 0.161. The molecule has 0 amide bonds. The summed E-state index contributed by atoms with van der Waals surface area (Å²) in [7, 11) is 2.00. The topological polar surface area (TPSA) is 40.5 Å². The number of carboxylic acids is 1. The molecule has 2 atom stereocenters. The summed E-state index contributed by atoms with van der Waals surface area (Å²) in [4.78, 5) is 14.5. The number of hydrogen-bond donors (Lipinski definition) is 1. The van der Waals surface area contributed by atoms with Crippen molar-refractivity contribution in [2.75, 3.05) is 7.05 Å². The zero-order chi connectivity index (χ0) is 12.4. The second kappa shape index (κ2) is 5.38. The van der Waals surface area contributed by atoms with Gasteiger partial charge in [0.05, 0.1) is 10.3 Å². The average Bonchev–Trinajstić information content (AvgIpc) is 2.86. The molecule has 1 heterocycles. The molecule has 2 rings (SSSR count). The van der Waals surface area contributed by atoms with E-state index in [1.807, 2.05) is 19.2 Å². The van der Waals surface area contributed by atoms with Crippen molar-refractivity contribution in [3.05, 3.63) is 21.3 Å². The fraction of sp³-hybridized carbons (Fsp3) is 0.583. The van der Waals surface area contributed by atoms with Gasteiger partial charge in [-0.05, 0) is 32.0 Å². The average molecular weight is 274 g/mol. The van der Waals surface area contributed by atoms with Crippen LogP contribution < -0.4 is 0 Å². The highest BCUT2D eigenvalue weighted by Crippen LogP contribution is 2.31. The first kappa shape index (κ1) is 12.9. The first-order valence-corrected chi connectivity index (χ1v) is 6.94. The van der Waals surface area contributed by atoms with E-state index >= 15 is 0 Å². The van der Waals surface area contributed by atoms with Gasteiger partial charge >= 0.3 is 5.97 Å². The normalized spacial score (nSPS) is 24.4. The molecule has 5 heteroatoms. The number of nitrogens with zero attached hydrogens (tertiary/aromatic N) is 1. The van der Waals surface area contributed by atoms with Crippen molar-refractivity contribution >= 4 is 28.9 Å². The largest absolute Gasteiger partial charge is 0.481 e. The maximum absolute atomic E-state index is 11.1. The molecule has 2 unspecified atom stereocenters. The fourth-order valence-corrected chi connectivity index (χ4v) is 3.71. The lowest BCUT2D eigenvalue weighted by Gasteiger charge is -2.27. The quantitative estimate of drug-likeness (QED) is 0.916. The summed E-state index contributed by atoms with van der Waals surface area (Å²) in [6.45, 7) is 0.784. The van der Waals surface area contributed by atoms with E-state index in [2.05, 4.69) is 4.90 Å². The molecule has 1 aliphatic carbocycles. The van der Waals surface area contributed by atoms with Crippen LogP contribution in [-0.4, -0.2) is 29.1 Å². The van der Waals surface area contributed by atoms with Gasteiger partial charge in [-0.25, -0.2) is 0 Å². The summed E-state index contributed by atoms with van der Waals surface area (Å²) in [5, 5.41) is 9.16. The van der Waals surface area contributed by atoms with E-state index in [4.69, 9.17) is 16.7 Å². The monoisotopic (exact) mass is 273 g/mol. The Bertz CT molecular complexity index is 407. The highest BCUT2D eigenvalue weighted by molar-refractivity contribution is 7.16. The molecule has 0 saturated heterocycles. The van der Waals surface area contributed by atoms with Gasteiger partial charge in [0.1, 0.15) is 0 Å². The molecular formula is C12H16ClNO2S. The summed E-state index contributed by atoms with van der Waals surface area (Å²) in [5.41, 5.74) is 0. The Labute approximate surface area is 110 Å². The van der Waals surface area contributed by atoms with Crippen LogP contribution in [0, 0.1) is 5.92 Å². The minimum Gasteiger partial charge on any atom is -0.481 e. The van der Waals surface area contributed by atoms with E-state index in [1.165, 1.54) is 4.88 Å². The lowest BCUT2D eigenvalue weighted by Crippen LogP contribution is -2.37. The van der Waals surface area contributed by atoms with Crippen LogP contribution in [0.4, 0.5) is 0 Å². The van der Waals surface area contributed by atoms with Gasteiger partial charge in [0.15, 0.2) is 0 Å². The van der Waals surface area contributed by atoms with Gasteiger partial charge in [0, 0.05) is 17.5 Å². The third kappa shape index (κ3) is 3.00. The van der Waals surface area contributed by atoms with E-state index in [0.717, 1.165) is 30.1 Å². The second-order valence-electron chi connectivity index (χ2n) is 4.56. The van der Waals surface area contributed by atoms with Gasteiger partial charge in [-0.3, -0.25) is 9.69 Å². The Morgan fingerprint density at radius 2 is 2.35 bits per heavy atom. The molecule has 94 valence electrons. The predicted octanol–water partition coefficient (Wildman–Crippen LogP) is 3.09. The molecule has 0 bridgehead atoms. The molecule has 0 spiro atoms. The molecule has 0 aliphatic heterocycles. The van der Waals surface area contributed by atoms with Crippen LogP contribution in [0.2, 0.25) is 4.34 Å². The first-order chi connectivity index (χ1) is 8.08. The highest BCUT2D eigenvalue weighted by atomic mass is 35.5. The van der Waals surface area contributed by atoms with Crippen molar-refractivity contribution in [2.24, 2.45) is 5.92 Å². The Morgan fingerprint density at radius 3 is 2.94 bits per heavy atom. The number of rotatable bonds is 4. The SMILES string of the molecule is CN(Cc1ccc(Cl)s1)C1CCCC1C(=O)O. The van der Waals surface area contributed by atoms with Crippen molar-refractivity contribution in [1.82, 2.24) is 4.90 Å². The van der Waals surface area contributed by atoms with E-state index in [1.54, 1.807) is 11.3 Å². The maximum Gasteiger partial charge on any atom is 0.308 e. The van der Waals surface area contributed by atoms with Crippen molar-refractivity contribution in [1.29, 1.82) is 0 Å². The standard InChI is InChI=1S/C12H16ClNO2S/c1-14(7-8-5-6-11(13)17-8)10-4-2-3-9(10)12(15)16/h5-6,9-10H,2-4,7H2,1H3,(H,15,16). The highest BCUT2D eigenvalue weighted by Gasteiger charge is 2.35. The molecule has 1 fully saturated rings. The van der Waals surface area contributed by atoms with Gasteiger partial charge in [-0.2, -0.15) is 0 Å². The van der Waals surface area contributed by atoms with Crippen LogP contribution in [0.1, 0.15) is 24.1 Å². The van der Waals surface area contributed by atoms with Crippen LogP contribution in [0.3, 0.4) is 0 Å². The fourth-order valence-electron chi connectivity index (χ4n) is 2.56. The van der Waals surface area contributed by atoms with Crippen LogP contribution >= 0.6 is 22.9 Å². The molecule has 1 aromatic rings. The molecule has 0 radical (unpaired) electrons. The summed E-state index contributed by atoms with van der Waals surface area (Å²) in [6, 6.07) is 4.06. The number of thiophene rings is 1. The molecule has 1 saturated carbocycles. The molecule has 3 nitrogen and oxygen atoms in total. The number of hydrogen-bond acceptors (Lipinski definition) is 3. The van der Waals surface area contributed by atoms with Crippen molar-refractivity contribution in [3.8, 4) is 0 Å². The predicted molar refractivity (Wildman–Crippen MR) is 69.6 cm³/mol. The van der Waals surface area contributed by atoms with Gasteiger partial charge in [-0.15, -0.1) is 11.3 Å². The van der Waals surface area contributed by atoms with E-state index in [9.17, 15) is 4.79 Å². The molecule has 0 aromatic carbocycles. The van der Waals surface area contributed by atoms with Crippen molar-refractivity contribution in [3.63, 3.8) is 0 Å². The zero-order valence-electron chi connectivity index (χ0n) is 9.73. The Kier molecular flexibility index (Phi) is 4.07. The van der Waals surface area contributed by atoms with Gasteiger partial charge in [0.25, 0.3) is 0 Å². The Morgan fingerprint density at radius 1 is 1.59 bits per heavy atom. The Hall–Kier alpha value is -0.580. The third-order valence-electron chi connectivity index (χ3n) is 3.40. The molecule has 17 heavy (non-hydrogen) atoms. The number of halogens is 1. The lowest BCUT2D eigenvalue weighted by atomic mass is 10.0. The van der Waals surface area contributed by atoms with E-state index in [-0.39, 0.29) is 12.0 Å². The van der Waals surface area contributed by atoms with Crippen LogP contribution in [0.25, 0.3) is 0 Å². The zero-order valence-corrected chi connectivity index (χ0v) is 11.3. The minimum atomic E-state index is -0.663. The molecule has 1 N–H and O–H groups in total. The lowest BCUT2D eigenvalue weighted by molar-refractivity contribution is -0.143. The number of carboxylic acid groups (broad SMARTS) is 1. The van der Waals surface area contributed by atoms with Crippen LogP contribution in [-0.2, 0) is 11.3 Å². The number of carbonyl (C=O) groups is 1. The smallest absolute Gasteiger partial charge is 0.308 e. The van der Waals surface area contributed by atoms with Crippen LogP contribution in [0.5, 0.6) is 0 Å².